The molecule has 5 aromatic rings. The number of amides is 3. The van der Waals surface area contributed by atoms with E-state index in [1.807, 2.05) is 24.3 Å². The number of carbonyl (C=O) groups is 3. The Morgan fingerprint density at radius 3 is 2.46 bits per heavy atom. The molecule has 2 aromatic heterocycles. The van der Waals surface area contributed by atoms with E-state index >= 15 is 0 Å². The number of furan rings is 1. The van der Waals surface area contributed by atoms with Gasteiger partial charge in [0, 0.05) is 35.4 Å². The second-order valence-corrected chi connectivity index (χ2v) is 16.9. The van der Waals surface area contributed by atoms with Crippen LogP contribution in [0.4, 0.5) is 18.9 Å². The summed E-state index contributed by atoms with van der Waals surface area (Å²) in [5.41, 5.74) is 0.519. The van der Waals surface area contributed by atoms with E-state index in [0.29, 0.717) is 35.7 Å². The molecule has 3 fully saturated rings. The highest BCUT2D eigenvalue weighted by molar-refractivity contribution is 7.91. The Bertz CT molecular complexity index is 2570. The monoisotopic (exact) mass is 800 g/mol. The van der Waals surface area contributed by atoms with E-state index in [4.69, 9.17) is 9.15 Å². The van der Waals surface area contributed by atoms with Gasteiger partial charge in [-0.2, -0.15) is 18.2 Å². The highest BCUT2D eigenvalue weighted by Gasteiger charge is 2.62. The molecular weight excluding hydrogens is 766 g/mol. The molecule has 1 saturated heterocycles. The lowest BCUT2D eigenvalue weighted by atomic mass is 10.1. The number of hydrogen-bond acceptors (Lipinski definition) is 10. The summed E-state index contributed by atoms with van der Waals surface area (Å²) in [6.07, 6.45) is -2.65. The summed E-state index contributed by atoms with van der Waals surface area (Å²) in [6.45, 7) is 3.67. The number of rotatable bonds is 10. The Hall–Kier alpha value is -5.97. The fraction of sp³-hybridized carbons (Fsp3) is 0.325. The first kappa shape index (κ1) is 36.7. The second kappa shape index (κ2) is 13.3. The maximum atomic E-state index is 14.3. The number of halogens is 3. The number of para-hydroxylation sites is 2. The van der Waals surface area contributed by atoms with E-state index in [1.54, 1.807) is 24.3 Å². The minimum atomic E-state index is -4.55. The SMILES string of the molecule is C=C[C@@H]1C[C@]1(NC(=O)[C@@H]1C[C@@H](Oc2nc(-c3ccc(C(F)(F)F)cc3)nc3c2oc2ccccc23)CN1C(=O)[C@H]1Cc2ccccc2N1)C(=O)NS(=O)(=O)C1CC1. The maximum Gasteiger partial charge on any atom is 0.416 e. The molecule has 2 aliphatic carbocycles. The van der Waals surface area contributed by atoms with Crippen LogP contribution in [0, 0.1) is 5.92 Å². The van der Waals surface area contributed by atoms with E-state index in [2.05, 4.69) is 31.9 Å². The molecule has 13 nitrogen and oxygen atoms in total. The van der Waals surface area contributed by atoms with Crippen LogP contribution >= 0.6 is 0 Å². The number of nitrogens with zero attached hydrogens (tertiary/aromatic N) is 3. The Labute approximate surface area is 323 Å². The number of hydrogen-bond donors (Lipinski definition) is 3. The van der Waals surface area contributed by atoms with Crippen LogP contribution in [0.5, 0.6) is 5.88 Å². The second-order valence-electron chi connectivity index (χ2n) is 14.9. The van der Waals surface area contributed by atoms with Crippen LogP contribution in [-0.2, 0) is 37.0 Å². The van der Waals surface area contributed by atoms with E-state index in [0.717, 1.165) is 23.4 Å². The van der Waals surface area contributed by atoms with Crippen molar-refractivity contribution in [1.29, 1.82) is 0 Å². The van der Waals surface area contributed by atoms with Gasteiger partial charge in [-0.25, -0.2) is 13.4 Å². The molecule has 294 valence electrons. The zero-order chi connectivity index (χ0) is 39.9. The minimum Gasteiger partial charge on any atom is -0.470 e. The smallest absolute Gasteiger partial charge is 0.416 e. The molecule has 0 unspecified atom stereocenters. The van der Waals surface area contributed by atoms with E-state index in [-0.39, 0.29) is 42.2 Å². The van der Waals surface area contributed by atoms with Crippen LogP contribution in [0.3, 0.4) is 0 Å². The topological polar surface area (TPSA) is 173 Å². The fourth-order valence-electron chi connectivity index (χ4n) is 7.78. The molecule has 3 amide bonds. The van der Waals surface area contributed by atoms with Gasteiger partial charge in [0.2, 0.25) is 27.4 Å². The standard InChI is InChI=1S/C40H35F3N6O7S/c1-2-23-19-39(23,38(52)48-57(53,54)26-15-16-26)47-35(50)30-18-25(20-49(30)37(51)29-17-22-7-3-5-9-28(22)44-29)55-36-33-32(27-8-4-6-10-31(27)56-33)45-34(46-36)21-11-13-24(14-12-21)40(41,42)43/h2-14,23,25-26,29-30,44H,1,15-20H2,(H,47,50)(H,48,52)/t23-,25-,29-,30+,39-/m1/s1. The number of likely N-dealkylation sites (tertiary alicyclic amines) is 1. The third-order valence-electron chi connectivity index (χ3n) is 11.1. The number of alkyl halides is 3. The van der Waals surface area contributed by atoms with Gasteiger partial charge in [0.25, 0.3) is 11.8 Å². The molecule has 4 heterocycles. The Morgan fingerprint density at radius 1 is 1.02 bits per heavy atom. The Morgan fingerprint density at radius 2 is 1.75 bits per heavy atom. The summed E-state index contributed by atoms with van der Waals surface area (Å²) in [5.74, 6) is -2.49. The van der Waals surface area contributed by atoms with Gasteiger partial charge in [-0.15, -0.1) is 6.58 Å². The number of fused-ring (bicyclic) bond motifs is 4. The third kappa shape index (κ3) is 6.62. The summed E-state index contributed by atoms with van der Waals surface area (Å²) in [4.78, 5) is 52.8. The number of aromatic nitrogens is 2. The van der Waals surface area contributed by atoms with Crippen LogP contribution in [-0.4, -0.2) is 76.5 Å². The van der Waals surface area contributed by atoms with E-state index in [9.17, 15) is 36.0 Å². The van der Waals surface area contributed by atoms with Crippen molar-refractivity contribution in [1.82, 2.24) is 24.9 Å². The molecule has 0 spiro atoms. The Kier molecular flexibility index (Phi) is 8.56. The van der Waals surface area contributed by atoms with Gasteiger partial charge < -0.3 is 24.7 Å². The summed E-state index contributed by atoms with van der Waals surface area (Å²) < 4.78 is 80.4. The normalized spacial score (nSPS) is 24.2. The van der Waals surface area contributed by atoms with Crippen LogP contribution in [0.1, 0.15) is 36.8 Å². The number of anilines is 1. The van der Waals surface area contributed by atoms with E-state index in [1.165, 1.54) is 23.1 Å². The fourth-order valence-corrected chi connectivity index (χ4v) is 9.15. The highest BCUT2D eigenvalue weighted by Crippen LogP contribution is 2.46. The zero-order valence-corrected chi connectivity index (χ0v) is 30.9. The minimum absolute atomic E-state index is 0.0500. The third-order valence-corrected chi connectivity index (χ3v) is 12.9. The maximum absolute atomic E-state index is 14.3. The molecule has 17 heteroatoms. The first-order chi connectivity index (χ1) is 27.2. The number of carbonyl (C=O) groups excluding carboxylic acids is 3. The van der Waals surface area contributed by atoms with Crippen molar-refractivity contribution in [2.75, 3.05) is 11.9 Å². The van der Waals surface area contributed by atoms with Crippen molar-refractivity contribution in [2.45, 2.75) is 67.3 Å². The van der Waals surface area contributed by atoms with Crippen LogP contribution in [0.2, 0.25) is 0 Å². The lowest BCUT2D eigenvalue weighted by molar-refractivity contribution is -0.140. The number of sulfonamides is 1. The predicted molar refractivity (Wildman–Crippen MR) is 201 cm³/mol. The first-order valence-electron chi connectivity index (χ1n) is 18.4. The molecule has 4 aliphatic rings. The highest BCUT2D eigenvalue weighted by atomic mass is 32.2. The van der Waals surface area contributed by atoms with Gasteiger partial charge in [-0.3, -0.25) is 19.1 Å². The van der Waals surface area contributed by atoms with Crippen molar-refractivity contribution in [3.8, 4) is 17.3 Å². The molecule has 3 N–H and O–H groups in total. The van der Waals surface area contributed by atoms with Crippen molar-refractivity contribution in [3.05, 3.63) is 96.6 Å². The van der Waals surface area contributed by atoms with Crippen LogP contribution in [0.15, 0.2) is 89.9 Å². The molecule has 9 rings (SSSR count). The lowest BCUT2D eigenvalue weighted by Gasteiger charge is -2.28. The average molecular weight is 801 g/mol. The molecular formula is C40H35F3N6O7S. The van der Waals surface area contributed by atoms with Gasteiger partial charge in [0.1, 0.15) is 34.8 Å². The molecule has 0 bridgehead atoms. The molecule has 5 atom stereocenters. The van der Waals surface area contributed by atoms with Crippen LogP contribution < -0.4 is 20.1 Å². The number of nitrogens with one attached hydrogen (secondary N) is 3. The average Bonchev–Trinajstić information content (AvgIpc) is 4.03. The van der Waals surface area contributed by atoms with Crippen molar-refractivity contribution in [2.24, 2.45) is 5.92 Å². The summed E-state index contributed by atoms with van der Waals surface area (Å²) >= 11 is 0. The van der Waals surface area contributed by atoms with Crippen LogP contribution in [0.25, 0.3) is 33.5 Å². The first-order valence-corrected chi connectivity index (χ1v) is 20.0. The van der Waals surface area contributed by atoms with Crippen molar-refractivity contribution in [3.63, 3.8) is 0 Å². The molecule has 2 aliphatic heterocycles. The van der Waals surface area contributed by atoms with E-state index < -0.39 is 74.4 Å². The number of benzene rings is 3. The summed E-state index contributed by atoms with van der Waals surface area (Å²) in [7, 11) is -3.93. The lowest BCUT2D eigenvalue weighted by Crippen LogP contribution is -2.57. The van der Waals surface area contributed by atoms with Gasteiger partial charge in [0.15, 0.2) is 5.82 Å². The molecule has 2 saturated carbocycles. The predicted octanol–water partition coefficient (Wildman–Crippen LogP) is 5.12. The number of ether oxygens (including phenoxy) is 1. The molecule has 57 heavy (non-hydrogen) atoms. The largest absolute Gasteiger partial charge is 0.470 e. The Balaban J connectivity index is 1.04. The zero-order valence-electron chi connectivity index (χ0n) is 30.1. The molecule has 3 aromatic carbocycles. The van der Waals surface area contributed by atoms with Gasteiger partial charge >= 0.3 is 6.18 Å². The van der Waals surface area contributed by atoms with Gasteiger partial charge in [-0.1, -0.05) is 48.5 Å². The van der Waals surface area contributed by atoms with Crippen molar-refractivity contribution < 1.29 is 45.1 Å². The summed E-state index contributed by atoms with van der Waals surface area (Å²) in [6, 6.07) is 17.0. The van der Waals surface area contributed by atoms with Gasteiger partial charge in [0.05, 0.1) is 17.4 Å². The van der Waals surface area contributed by atoms with Crippen molar-refractivity contribution >= 4 is 55.5 Å². The van der Waals surface area contributed by atoms with Gasteiger partial charge in [-0.05, 0) is 55.2 Å². The quantitative estimate of drug-likeness (QED) is 0.161. The summed E-state index contributed by atoms with van der Waals surface area (Å²) in [5, 5.41) is 5.96. The molecule has 0 radical (unpaired) electrons.